The van der Waals surface area contributed by atoms with Gasteiger partial charge in [-0.3, -0.25) is 4.79 Å². The lowest BCUT2D eigenvalue weighted by atomic mass is 10.1. The quantitative estimate of drug-likeness (QED) is 0.745. The molecule has 1 aromatic rings. The van der Waals surface area contributed by atoms with Gasteiger partial charge in [-0.25, -0.2) is 4.79 Å². The third-order valence-corrected chi connectivity index (χ3v) is 6.28. The first-order valence-corrected chi connectivity index (χ1v) is 10.7. The molecular formula is C21H33N3O3S. The van der Waals surface area contributed by atoms with Crippen molar-refractivity contribution in [3.05, 3.63) is 29.8 Å². The molecule has 0 saturated carbocycles. The number of hydrogen-bond donors (Lipinski definition) is 1. The molecular weight excluding hydrogens is 374 g/mol. The van der Waals surface area contributed by atoms with Gasteiger partial charge in [-0.1, -0.05) is 19.1 Å². The number of carbonyl (C=O) groups excluding carboxylic acids is 2. The molecule has 1 aliphatic rings. The Kier molecular flexibility index (Phi) is 7.63. The van der Waals surface area contributed by atoms with Gasteiger partial charge in [-0.2, -0.15) is 0 Å². The van der Waals surface area contributed by atoms with Gasteiger partial charge in [0.2, 0.25) is 5.91 Å². The van der Waals surface area contributed by atoms with Crippen LogP contribution in [0, 0.1) is 0 Å². The summed E-state index contributed by atoms with van der Waals surface area (Å²) < 4.78 is 5.24. The van der Waals surface area contributed by atoms with Gasteiger partial charge in [-0.05, 0) is 51.3 Å². The van der Waals surface area contributed by atoms with Gasteiger partial charge >= 0.3 is 6.03 Å². The smallest absolute Gasteiger partial charge is 0.317 e. The molecule has 1 heterocycles. The summed E-state index contributed by atoms with van der Waals surface area (Å²) in [5.74, 6) is 0.998. The molecule has 0 spiro atoms. The Balaban J connectivity index is 1.99. The average Bonchev–Trinajstić information content (AvgIpc) is 2.96. The third kappa shape index (κ3) is 5.80. The van der Waals surface area contributed by atoms with Crippen LogP contribution >= 0.6 is 11.8 Å². The predicted molar refractivity (Wildman–Crippen MR) is 115 cm³/mol. The molecule has 28 heavy (non-hydrogen) atoms. The molecule has 1 aromatic carbocycles. The molecule has 156 valence electrons. The summed E-state index contributed by atoms with van der Waals surface area (Å²) in [7, 11) is 3.44. The zero-order valence-corrected chi connectivity index (χ0v) is 18.6. The zero-order valence-electron chi connectivity index (χ0n) is 17.8. The Labute approximate surface area is 173 Å². The van der Waals surface area contributed by atoms with E-state index in [1.54, 1.807) is 30.8 Å². The highest BCUT2D eigenvalue weighted by Gasteiger charge is 2.39. The lowest BCUT2D eigenvalue weighted by Crippen LogP contribution is -2.47. The molecule has 2 atom stereocenters. The minimum Gasteiger partial charge on any atom is -0.497 e. The van der Waals surface area contributed by atoms with Gasteiger partial charge in [0, 0.05) is 25.7 Å². The van der Waals surface area contributed by atoms with E-state index in [0.29, 0.717) is 13.1 Å². The van der Waals surface area contributed by atoms with E-state index < -0.39 is 0 Å². The van der Waals surface area contributed by atoms with E-state index in [2.05, 4.69) is 12.2 Å². The van der Waals surface area contributed by atoms with Crippen molar-refractivity contribution in [3.8, 4) is 5.75 Å². The number of hydrogen-bond acceptors (Lipinski definition) is 4. The Bertz CT molecular complexity index is 672. The molecule has 0 unspecified atom stereocenters. The van der Waals surface area contributed by atoms with E-state index in [1.807, 2.05) is 49.9 Å². The first-order valence-electron chi connectivity index (χ1n) is 9.79. The molecule has 1 fully saturated rings. The standard InChI is InChI=1S/C21H33N3O3S/c1-7-17-18(25)24(14-8-13-23(5)20(26)22-21(2,3)4)19(28-17)15-9-11-16(27-6)12-10-15/h9-12,17,19H,7-8,13-14H2,1-6H3,(H,22,26)/t17-,19+/m0/s1. The van der Waals surface area contributed by atoms with E-state index in [9.17, 15) is 9.59 Å². The molecule has 1 aliphatic heterocycles. The van der Waals surface area contributed by atoms with Gasteiger partial charge in [0.15, 0.2) is 0 Å². The van der Waals surface area contributed by atoms with E-state index in [0.717, 1.165) is 24.2 Å². The van der Waals surface area contributed by atoms with Crippen molar-refractivity contribution >= 4 is 23.7 Å². The highest BCUT2D eigenvalue weighted by atomic mass is 32.2. The van der Waals surface area contributed by atoms with Gasteiger partial charge in [0.05, 0.1) is 12.4 Å². The van der Waals surface area contributed by atoms with Crippen molar-refractivity contribution in [2.45, 2.75) is 56.7 Å². The number of urea groups is 1. The fraction of sp³-hybridized carbons (Fsp3) is 0.619. The second-order valence-corrected chi connectivity index (χ2v) is 9.43. The number of ether oxygens (including phenoxy) is 1. The zero-order chi connectivity index (χ0) is 20.9. The van der Waals surface area contributed by atoms with Gasteiger partial charge in [0.25, 0.3) is 0 Å². The van der Waals surface area contributed by atoms with E-state index in [4.69, 9.17) is 4.74 Å². The minimum absolute atomic E-state index is 0.00554. The Morgan fingerprint density at radius 3 is 2.46 bits per heavy atom. The van der Waals surface area contributed by atoms with Crippen LogP contribution in [0.5, 0.6) is 5.75 Å². The monoisotopic (exact) mass is 407 g/mol. The topological polar surface area (TPSA) is 61.9 Å². The van der Waals surface area contributed by atoms with Crippen molar-refractivity contribution in [1.29, 1.82) is 0 Å². The molecule has 1 N–H and O–H groups in total. The maximum atomic E-state index is 12.8. The highest BCUT2D eigenvalue weighted by Crippen LogP contribution is 2.44. The van der Waals surface area contributed by atoms with Crippen LogP contribution in [0.3, 0.4) is 0 Å². The maximum absolute atomic E-state index is 12.8. The highest BCUT2D eigenvalue weighted by molar-refractivity contribution is 8.01. The fourth-order valence-corrected chi connectivity index (χ4v) is 4.54. The molecule has 0 aromatic heterocycles. The summed E-state index contributed by atoms with van der Waals surface area (Å²) in [6.45, 7) is 9.17. The van der Waals surface area contributed by atoms with Gasteiger partial charge in [0.1, 0.15) is 11.1 Å². The number of nitrogens with zero attached hydrogens (tertiary/aromatic N) is 2. The lowest BCUT2D eigenvalue weighted by molar-refractivity contribution is -0.130. The van der Waals surface area contributed by atoms with Crippen LogP contribution in [0.4, 0.5) is 4.79 Å². The van der Waals surface area contributed by atoms with Gasteiger partial charge < -0.3 is 19.9 Å². The van der Waals surface area contributed by atoms with Crippen molar-refractivity contribution in [1.82, 2.24) is 15.1 Å². The van der Waals surface area contributed by atoms with Crippen molar-refractivity contribution in [2.24, 2.45) is 0 Å². The summed E-state index contributed by atoms with van der Waals surface area (Å²) in [6, 6.07) is 7.83. The molecule has 0 bridgehead atoms. The number of thioether (sulfide) groups is 1. The Morgan fingerprint density at radius 1 is 1.29 bits per heavy atom. The van der Waals surface area contributed by atoms with Crippen LogP contribution in [0.25, 0.3) is 0 Å². The molecule has 1 saturated heterocycles. The van der Waals surface area contributed by atoms with Crippen molar-refractivity contribution in [3.63, 3.8) is 0 Å². The number of rotatable bonds is 7. The molecule has 0 aliphatic carbocycles. The van der Waals surface area contributed by atoms with Gasteiger partial charge in [-0.15, -0.1) is 11.8 Å². The van der Waals surface area contributed by atoms with Crippen LogP contribution < -0.4 is 10.1 Å². The second-order valence-electron chi connectivity index (χ2n) is 8.15. The lowest BCUT2D eigenvalue weighted by Gasteiger charge is -2.28. The summed E-state index contributed by atoms with van der Waals surface area (Å²) in [6.07, 6.45) is 1.56. The molecule has 3 amide bonds. The molecule has 7 heteroatoms. The molecule has 2 rings (SSSR count). The Hall–Kier alpha value is -1.89. The summed E-state index contributed by atoms with van der Waals surface area (Å²) in [5.41, 5.74) is 0.842. The largest absolute Gasteiger partial charge is 0.497 e. The van der Waals surface area contributed by atoms with Crippen molar-refractivity contribution < 1.29 is 14.3 Å². The predicted octanol–water partition coefficient (Wildman–Crippen LogP) is 3.88. The second kappa shape index (κ2) is 9.54. The molecule has 6 nitrogen and oxygen atoms in total. The van der Waals surface area contributed by atoms with Crippen LogP contribution in [0.2, 0.25) is 0 Å². The first kappa shape index (κ1) is 22.4. The van der Waals surface area contributed by atoms with Crippen LogP contribution in [0.15, 0.2) is 24.3 Å². The first-order chi connectivity index (χ1) is 13.2. The summed E-state index contributed by atoms with van der Waals surface area (Å²) in [4.78, 5) is 28.7. The number of benzene rings is 1. The SMILES string of the molecule is CC[C@@H]1S[C@H](c2ccc(OC)cc2)N(CCCN(C)C(=O)NC(C)(C)C)C1=O. The minimum atomic E-state index is -0.263. The van der Waals surface area contributed by atoms with E-state index >= 15 is 0 Å². The van der Waals surface area contributed by atoms with Crippen LogP contribution in [-0.2, 0) is 4.79 Å². The third-order valence-electron chi connectivity index (χ3n) is 4.63. The maximum Gasteiger partial charge on any atom is 0.317 e. The fourth-order valence-electron chi connectivity index (χ4n) is 3.11. The number of carbonyl (C=O) groups is 2. The normalized spacial score (nSPS) is 19.6. The van der Waals surface area contributed by atoms with E-state index in [-0.39, 0.29) is 28.1 Å². The average molecular weight is 408 g/mol. The van der Waals surface area contributed by atoms with Crippen LogP contribution in [0.1, 0.15) is 51.5 Å². The number of methoxy groups -OCH3 is 1. The number of amides is 3. The molecule has 0 radical (unpaired) electrons. The van der Waals surface area contributed by atoms with Crippen LogP contribution in [-0.4, -0.2) is 59.8 Å². The summed E-state index contributed by atoms with van der Waals surface area (Å²) in [5, 5.41) is 2.96. The Morgan fingerprint density at radius 2 is 1.93 bits per heavy atom. The van der Waals surface area contributed by atoms with Crippen molar-refractivity contribution in [2.75, 3.05) is 27.2 Å². The summed E-state index contributed by atoms with van der Waals surface area (Å²) >= 11 is 1.71. The number of nitrogens with one attached hydrogen (secondary N) is 1. The van der Waals surface area contributed by atoms with E-state index in [1.165, 1.54) is 0 Å².